The first-order chi connectivity index (χ1) is 10.1. The van der Waals surface area contributed by atoms with Crippen molar-refractivity contribution in [1.29, 1.82) is 0 Å². The fraction of sp³-hybridized carbons (Fsp3) is 0.471. The van der Waals surface area contributed by atoms with Crippen molar-refractivity contribution >= 4 is 11.0 Å². The van der Waals surface area contributed by atoms with Crippen LogP contribution < -0.4 is 11.4 Å². The number of rotatable bonds is 3. The third-order valence-electron chi connectivity index (χ3n) is 4.55. The van der Waals surface area contributed by atoms with E-state index < -0.39 is 5.60 Å². The summed E-state index contributed by atoms with van der Waals surface area (Å²) < 4.78 is 5.33. The Morgan fingerprint density at radius 1 is 1.24 bits per heavy atom. The molecule has 2 aromatic rings. The van der Waals surface area contributed by atoms with Crippen molar-refractivity contribution in [3.8, 4) is 0 Å². The number of hydrogen-bond acceptors (Lipinski definition) is 4. The van der Waals surface area contributed by atoms with Crippen LogP contribution >= 0.6 is 0 Å². The van der Waals surface area contributed by atoms with Crippen molar-refractivity contribution < 1.29 is 9.52 Å². The Hall–Kier alpha value is -1.65. The summed E-state index contributed by atoms with van der Waals surface area (Å²) in [6.07, 6.45) is 4.64. The predicted octanol–water partition coefficient (Wildman–Crippen LogP) is 2.36. The number of benzene rings is 1. The van der Waals surface area contributed by atoms with Crippen LogP contribution in [0.2, 0.25) is 0 Å². The standard InChI is InChI=1S/C17H21NO3/c18-14-7-10-17(20,11-8-14)9-6-13-3-1-2-12-4-5-15(19)21-16(12)13/h1-5,14,20H,6-11,18H2. The molecule has 4 heteroatoms. The molecule has 112 valence electrons. The summed E-state index contributed by atoms with van der Waals surface area (Å²) in [5.74, 6) is 0. The van der Waals surface area contributed by atoms with Gasteiger partial charge >= 0.3 is 5.63 Å². The molecule has 21 heavy (non-hydrogen) atoms. The molecular formula is C17H21NO3. The molecule has 0 amide bonds. The van der Waals surface area contributed by atoms with Crippen LogP contribution in [0, 0.1) is 0 Å². The van der Waals surface area contributed by atoms with E-state index in [2.05, 4.69) is 0 Å². The van der Waals surface area contributed by atoms with Gasteiger partial charge in [-0.3, -0.25) is 0 Å². The van der Waals surface area contributed by atoms with E-state index in [1.54, 1.807) is 6.07 Å². The maximum Gasteiger partial charge on any atom is 0.336 e. The minimum atomic E-state index is -0.632. The first-order valence-electron chi connectivity index (χ1n) is 7.55. The minimum Gasteiger partial charge on any atom is -0.422 e. The zero-order chi connectivity index (χ0) is 14.9. The molecule has 0 atom stereocenters. The van der Waals surface area contributed by atoms with Crippen LogP contribution in [0.15, 0.2) is 39.5 Å². The zero-order valence-corrected chi connectivity index (χ0v) is 12.0. The lowest BCUT2D eigenvalue weighted by Crippen LogP contribution is -2.39. The lowest BCUT2D eigenvalue weighted by molar-refractivity contribution is -0.00747. The maximum atomic E-state index is 11.4. The van der Waals surface area contributed by atoms with Crippen LogP contribution in [-0.2, 0) is 6.42 Å². The van der Waals surface area contributed by atoms with Gasteiger partial charge in [-0.15, -0.1) is 0 Å². The van der Waals surface area contributed by atoms with Gasteiger partial charge in [-0.05, 0) is 50.2 Å². The summed E-state index contributed by atoms with van der Waals surface area (Å²) in [7, 11) is 0. The maximum absolute atomic E-state index is 11.4. The van der Waals surface area contributed by atoms with E-state index in [-0.39, 0.29) is 11.7 Å². The molecule has 0 unspecified atom stereocenters. The second kappa shape index (κ2) is 5.62. The molecule has 1 aliphatic carbocycles. The molecule has 1 saturated carbocycles. The van der Waals surface area contributed by atoms with E-state index in [9.17, 15) is 9.90 Å². The molecule has 0 saturated heterocycles. The SMILES string of the molecule is NC1CCC(O)(CCc2cccc3ccc(=O)oc23)CC1. The van der Waals surface area contributed by atoms with Crippen molar-refractivity contribution in [3.05, 3.63) is 46.3 Å². The fourth-order valence-electron chi connectivity index (χ4n) is 3.14. The van der Waals surface area contributed by atoms with Crippen LogP contribution in [0.1, 0.15) is 37.7 Å². The molecule has 1 heterocycles. The summed E-state index contributed by atoms with van der Waals surface area (Å²) in [5, 5.41) is 11.6. The summed E-state index contributed by atoms with van der Waals surface area (Å²) in [6.45, 7) is 0. The van der Waals surface area contributed by atoms with Gasteiger partial charge in [0.2, 0.25) is 0 Å². The third kappa shape index (κ3) is 3.17. The average Bonchev–Trinajstić information content (AvgIpc) is 2.49. The van der Waals surface area contributed by atoms with Gasteiger partial charge in [0, 0.05) is 17.5 Å². The van der Waals surface area contributed by atoms with Crippen LogP contribution in [0.5, 0.6) is 0 Å². The second-order valence-electron chi connectivity index (χ2n) is 6.15. The summed E-state index contributed by atoms with van der Waals surface area (Å²) >= 11 is 0. The Bertz CT molecular complexity index is 684. The van der Waals surface area contributed by atoms with Gasteiger partial charge in [-0.2, -0.15) is 0 Å². The lowest BCUT2D eigenvalue weighted by atomic mass is 9.79. The van der Waals surface area contributed by atoms with Crippen LogP contribution in [0.3, 0.4) is 0 Å². The molecular weight excluding hydrogens is 266 g/mol. The van der Waals surface area contributed by atoms with Crippen molar-refractivity contribution in [2.24, 2.45) is 5.73 Å². The van der Waals surface area contributed by atoms with Crippen molar-refractivity contribution in [2.75, 3.05) is 0 Å². The normalized spacial score (nSPS) is 26.1. The number of hydrogen-bond donors (Lipinski definition) is 2. The number of nitrogens with two attached hydrogens (primary N) is 1. The smallest absolute Gasteiger partial charge is 0.336 e. The fourth-order valence-corrected chi connectivity index (χ4v) is 3.14. The molecule has 1 aromatic heterocycles. The van der Waals surface area contributed by atoms with Gasteiger partial charge in [-0.25, -0.2) is 4.79 Å². The monoisotopic (exact) mass is 287 g/mol. The first-order valence-corrected chi connectivity index (χ1v) is 7.55. The number of aryl methyl sites for hydroxylation is 1. The minimum absolute atomic E-state index is 0.223. The van der Waals surface area contributed by atoms with Crippen LogP contribution in [0.4, 0.5) is 0 Å². The van der Waals surface area contributed by atoms with Gasteiger partial charge in [0.15, 0.2) is 0 Å². The molecule has 0 bridgehead atoms. The molecule has 3 rings (SSSR count). The Morgan fingerprint density at radius 3 is 2.76 bits per heavy atom. The largest absolute Gasteiger partial charge is 0.422 e. The number of para-hydroxylation sites is 1. The highest BCUT2D eigenvalue weighted by molar-refractivity contribution is 5.79. The highest BCUT2D eigenvalue weighted by atomic mass is 16.4. The van der Waals surface area contributed by atoms with E-state index >= 15 is 0 Å². The molecule has 1 fully saturated rings. The summed E-state index contributed by atoms with van der Waals surface area (Å²) in [4.78, 5) is 11.4. The van der Waals surface area contributed by atoms with Crippen molar-refractivity contribution in [2.45, 2.75) is 50.2 Å². The number of fused-ring (bicyclic) bond motifs is 1. The summed E-state index contributed by atoms with van der Waals surface area (Å²) in [5.41, 5.74) is 6.55. The molecule has 1 aromatic carbocycles. The van der Waals surface area contributed by atoms with E-state index in [1.807, 2.05) is 18.2 Å². The Balaban J connectivity index is 1.79. The van der Waals surface area contributed by atoms with Crippen molar-refractivity contribution in [1.82, 2.24) is 0 Å². The van der Waals surface area contributed by atoms with Gasteiger partial charge < -0.3 is 15.3 Å². The van der Waals surface area contributed by atoms with E-state index in [0.29, 0.717) is 18.4 Å². The Morgan fingerprint density at radius 2 is 2.00 bits per heavy atom. The van der Waals surface area contributed by atoms with E-state index in [4.69, 9.17) is 10.2 Å². The first kappa shape index (κ1) is 14.3. The molecule has 0 spiro atoms. The quantitative estimate of drug-likeness (QED) is 0.850. The van der Waals surface area contributed by atoms with Crippen molar-refractivity contribution in [3.63, 3.8) is 0 Å². The topological polar surface area (TPSA) is 76.5 Å². The van der Waals surface area contributed by atoms with E-state index in [0.717, 1.165) is 36.6 Å². The molecule has 4 nitrogen and oxygen atoms in total. The second-order valence-corrected chi connectivity index (χ2v) is 6.15. The zero-order valence-electron chi connectivity index (χ0n) is 12.0. The molecule has 0 radical (unpaired) electrons. The predicted molar refractivity (Wildman–Crippen MR) is 82.2 cm³/mol. The highest BCUT2D eigenvalue weighted by Gasteiger charge is 2.31. The van der Waals surface area contributed by atoms with Gasteiger partial charge in [0.1, 0.15) is 5.58 Å². The highest BCUT2D eigenvalue weighted by Crippen LogP contribution is 2.32. The van der Waals surface area contributed by atoms with E-state index in [1.165, 1.54) is 6.07 Å². The van der Waals surface area contributed by atoms with Crippen LogP contribution in [0.25, 0.3) is 11.0 Å². The average molecular weight is 287 g/mol. The molecule has 1 aliphatic rings. The molecule has 3 N–H and O–H groups in total. The molecule has 0 aliphatic heterocycles. The van der Waals surface area contributed by atoms with Gasteiger partial charge in [0.25, 0.3) is 0 Å². The third-order valence-corrected chi connectivity index (χ3v) is 4.55. The summed E-state index contributed by atoms with van der Waals surface area (Å²) in [6, 6.07) is 9.28. The Kier molecular flexibility index (Phi) is 3.83. The van der Waals surface area contributed by atoms with Gasteiger partial charge in [-0.1, -0.05) is 18.2 Å². The van der Waals surface area contributed by atoms with Gasteiger partial charge in [0.05, 0.1) is 5.60 Å². The number of aliphatic hydroxyl groups is 1. The lowest BCUT2D eigenvalue weighted by Gasteiger charge is -2.34. The Labute approximate surface area is 123 Å². The van der Waals surface area contributed by atoms with Crippen LogP contribution in [-0.4, -0.2) is 16.7 Å².